The highest BCUT2D eigenvalue weighted by atomic mass is 16.5. The fourth-order valence-electron chi connectivity index (χ4n) is 3.46. The number of aromatic nitrogens is 1. The molecule has 0 aliphatic carbocycles. The first-order valence-electron chi connectivity index (χ1n) is 10.2. The molecule has 0 saturated heterocycles. The topological polar surface area (TPSA) is 66.8 Å². The number of carbonyl (C=O) groups excluding carboxylic acids is 2. The molecule has 2 aromatic carbocycles. The van der Waals surface area contributed by atoms with Crippen LogP contribution in [-0.4, -0.2) is 36.6 Å². The number of ether oxygens (including phenoxy) is 3. The van der Waals surface area contributed by atoms with Gasteiger partial charge in [0.05, 0.1) is 19.3 Å². The lowest BCUT2D eigenvalue weighted by molar-refractivity contribution is 0.0474. The summed E-state index contributed by atoms with van der Waals surface area (Å²) in [6.45, 7) is 6.50. The molecular formula is C25H27NO5. The third-order valence-electron chi connectivity index (χ3n) is 5.09. The molecule has 0 saturated carbocycles. The number of carbonyl (C=O) groups is 2. The van der Waals surface area contributed by atoms with Gasteiger partial charge in [-0.05, 0) is 50.6 Å². The molecule has 0 atom stereocenters. The van der Waals surface area contributed by atoms with Crippen molar-refractivity contribution in [1.29, 1.82) is 0 Å². The van der Waals surface area contributed by atoms with Crippen LogP contribution in [0, 0.1) is 13.8 Å². The molecular weight excluding hydrogens is 394 g/mol. The molecule has 0 spiro atoms. The van der Waals surface area contributed by atoms with E-state index >= 15 is 0 Å². The minimum atomic E-state index is -0.588. The van der Waals surface area contributed by atoms with Crippen LogP contribution in [0.15, 0.2) is 54.6 Å². The minimum absolute atomic E-state index is 0.237. The number of Topliss-reactive ketones (excluding diaryl/α,β-unsaturated/α-hetero) is 1. The van der Waals surface area contributed by atoms with Crippen LogP contribution in [0.2, 0.25) is 0 Å². The first kappa shape index (κ1) is 22.2. The van der Waals surface area contributed by atoms with Crippen LogP contribution in [0.3, 0.4) is 0 Å². The second-order valence-corrected chi connectivity index (χ2v) is 7.15. The lowest BCUT2D eigenvalue weighted by Gasteiger charge is -2.11. The van der Waals surface area contributed by atoms with E-state index in [0.717, 1.165) is 17.0 Å². The highest BCUT2D eigenvalue weighted by Gasteiger charge is 2.19. The Morgan fingerprint density at radius 1 is 0.968 bits per heavy atom. The van der Waals surface area contributed by atoms with E-state index in [-0.39, 0.29) is 12.4 Å². The summed E-state index contributed by atoms with van der Waals surface area (Å²) in [5.74, 6) is 0.157. The van der Waals surface area contributed by atoms with Crippen LogP contribution in [0.25, 0.3) is 0 Å². The first-order valence-corrected chi connectivity index (χ1v) is 10.2. The van der Waals surface area contributed by atoms with Gasteiger partial charge in [0.1, 0.15) is 0 Å². The van der Waals surface area contributed by atoms with E-state index in [2.05, 4.69) is 4.57 Å². The van der Waals surface area contributed by atoms with E-state index in [9.17, 15) is 9.59 Å². The number of aryl methyl sites for hydroxylation is 1. The summed E-state index contributed by atoms with van der Waals surface area (Å²) < 4.78 is 18.1. The molecule has 0 radical (unpaired) electrons. The molecule has 1 heterocycles. The Balaban J connectivity index is 1.69. The Bertz CT molecular complexity index is 1070. The highest BCUT2D eigenvalue weighted by molar-refractivity contribution is 6.00. The Morgan fingerprint density at radius 2 is 1.71 bits per heavy atom. The molecule has 162 valence electrons. The molecule has 3 aromatic rings. The predicted octanol–water partition coefficient (Wildman–Crippen LogP) is 4.60. The van der Waals surface area contributed by atoms with E-state index < -0.39 is 5.97 Å². The van der Waals surface area contributed by atoms with Gasteiger partial charge in [0.15, 0.2) is 18.1 Å². The molecule has 0 unspecified atom stereocenters. The molecule has 0 aliphatic heterocycles. The van der Waals surface area contributed by atoms with Gasteiger partial charge in [-0.3, -0.25) is 4.79 Å². The monoisotopic (exact) mass is 421 g/mol. The minimum Gasteiger partial charge on any atom is -0.493 e. The van der Waals surface area contributed by atoms with Crippen molar-refractivity contribution in [3.05, 3.63) is 82.7 Å². The van der Waals surface area contributed by atoms with Crippen molar-refractivity contribution in [1.82, 2.24) is 4.57 Å². The zero-order chi connectivity index (χ0) is 22.4. The van der Waals surface area contributed by atoms with E-state index in [1.807, 2.05) is 57.2 Å². The number of esters is 1. The van der Waals surface area contributed by atoms with Crippen LogP contribution in [-0.2, 0) is 11.3 Å². The molecule has 6 heteroatoms. The van der Waals surface area contributed by atoms with E-state index in [1.165, 1.54) is 7.11 Å². The molecule has 0 aliphatic rings. The fraction of sp³-hybridized carbons (Fsp3) is 0.280. The van der Waals surface area contributed by atoms with Gasteiger partial charge in [-0.2, -0.15) is 0 Å². The SMILES string of the molecule is CCOc1cc(C(=O)OCC(=O)c2cc(C)n(Cc3ccccc3)c2C)ccc1OC. The second-order valence-electron chi connectivity index (χ2n) is 7.15. The summed E-state index contributed by atoms with van der Waals surface area (Å²) in [6, 6.07) is 16.7. The fourth-order valence-corrected chi connectivity index (χ4v) is 3.46. The summed E-state index contributed by atoms with van der Waals surface area (Å²) in [5, 5.41) is 0. The Hall–Kier alpha value is -3.54. The van der Waals surface area contributed by atoms with Crippen molar-refractivity contribution in [3.63, 3.8) is 0 Å². The predicted molar refractivity (Wildman–Crippen MR) is 118 cm³/mol. The standard InChI is InChI=1S/C25H27NO5/c1-5-30-24-14-20(11-12-23(24)29-4)25(28)31-16-22(27)21-13-17(2)26(18(21)3)15-19-9-7-6-8-10-19/h6-14H,5,15-16H2,1-4H3. The largest absolute Gasteiger partial charge is 0.493 e. The quantitative estimate of drug-likeness (QED) is 0.373. The maximum atomic E-state index is 12.8. The lowest BCUT2D eigenvalue weighted by atomic mass is 10.1. The first-order chi connectivity index (χ1) is 14.9. The maximum Gasteiger partial charge on any atom is 0.338 e. The average molecular weight is 421 g/mol. The van der Waals surface area contributed by atoms with Gasteiger partial charge in [-0.25, -0.2) is 4.79 Å². The average Bonchev–Trinajstić information content (AvgIpc) is 3.06. The zero-order valence-electron chi connectivity index (χ0n) is 18.3. The summed E-state index contributed by atoms with van der Waals surface area (Å²) in [4.78, 5) is 25.2. The summed E-state index contributed by atoms with van der Waals surface area (Å²) in [7, 11) is 1.53. The number of hydrogen-bond donors (Lipinski definition) is 0. The summed E-state index contributed by atoms with van der Waals surface area (Å²) in [5.41, 5.74) is 3.84. The van der Waals surface area contributed by atoms with Crippen LogP contribution < -0.4 is 9.47 Å². The third kappa shape index (κ3) is 5.15. The normalized spacial score (nSPS) is 10.6. The van der Waals surface area contributed by atoms with Gasteiger partial charge in [-0.1, -0.05) is 30.3 Å². The van der Waals surface area contributed by atoms with Gasteiger partial charge in [0, 0.05) is 23.5 Å². The van der Waals surface area contributed by atoms with Crippen molar-refractivity contribution < 1.29 is 23.8 Å². The number of nitrogens with zero attached hydrogens (tertiary/aromatic N) is 1. The maximum absolute atomic E-state index is 12.8. The van der Waals surface area contributed by atoms with Crippen LogP contribution in [0.4, 0.5) is 0 Å². The van der Waals surface area contributed by atoms with E-state index in [1.54, 1.807) is 18.2 Å². The number of hydrogen-bond acceptors (Lipinski definition) is 5. The molecule has 6 nitrogen and oxygen atoms in total. The van der Waals surface area contributed by atoms with Crippen molar-refractivity contribution in [2.75, 3.05) is 20.3 Å². The summed E-state index contributed by atoms with van der Waals surface area (Å²) >= 11 is 0. The van der Waals surface area contributed by atoms with Crippen molar-refractivity contribution >= 4 is 11.8 Å². The second kappa shape index (κ2) is 9.98. The third-order valence-corrected chi connectivity index (χ3v) is 5.09. The molecule has 31 heavy (non-hydrogen) atoms. The molecule has 0 fully saturated rings. The van der Waals surface area contributed by atoms with Gasteiger partial charge >= 0.3 is 5.97 Å². The Labute approximate surface area is 182 Å². The molecule has 3 rings (SSSR count). The van der Waals surface area contributed by atoms with Crippen molar-refractivity contribution in [2.24, 2.45) is 0 Å². The number of ketones is 1. The van der Waals surface area contributed by atoms with Gasteiger partial charge in [0.2, 0.25) is 5.78 Å². The van der Waals surface area contributed by atoms with E-state index in [0.29, 0.717) is 35.8 Å². The molecule has 0 N–H and O–H groups in total. The Kier molecular flexibility index (Phi) is 7.13. The van der Waals surface area contributed by atoms with Gasteiger partial charge in [0.25, 0.3) is 0 Å². The number of methoxy groups -OCH3 is 1. The van der Waals surface area contributed by atoms with Crippen LogP contribution >= 0.6 is 0 Å². The smallest absolute Gasteiger partial charge is 0.338 e. The molecule has 0 amide bonds. The van der Waals surface area contributed by atoms with Crippen LogP contribution in [0.5, 0.6) is 11.5 Å². The van der Waals surface area contributed by atoms with Gasteiger partial charge < -0.3 is 18.8 Å². The highest BCUT2D eigenvalue weighted by Crippen LogP contribution is 2.28. The van der Waals surface area contributed by atoms with Crippen molar-refractivity contribution in [2.45, 2.75) is 27.3 Å². The Morgan fingerprint density at radius 3 is 2.39 bits per heavy atom. The van der Waals surface area contributed by atoms with Crippen LogP contribution in [0.1, 0.15) is 44.6 Å². The zero-order valence-corrected chi connectivity index (χ0v) is 18.3. The van der Waals surface area contributed by atoms with E-state index in [4.69, 9.17) is 14.2 Å². The molecule has 1 aromatic heterocycles. The number of benzene rings is 2. The number of rotatable bonds is 9. The van der Waals surface area contributed by atoms with Crippen molar-refractivity contribution in [3.8, 4) is 11.5 Å². The summed E-state index contributed by atoms with van der Waals surface area (Å²) in [6.07, 6.45) is 0. The van der Waals surface area contributed by atoms with Gasteiger partial charge in [-0.15, -0.1) is 0 Å². The lowest BCUT2D eigenvalue weighted by Crippen LogP contribution is -2.15. The molecule has 0 bridgehead atoms.